The fourth-order valence-electron chi connectivity index (χ4n) is 4.32. The number of rotatable bonds is 6. The number of aliphatic hydroxyl groups excluding tert-OH is 1. The summed E-state index contributed by atoms with van der Waals surface area (Å²) in [7, 11) is 0. The molecule has 2 unspecified atom stereocenters. The Kier molecular flexibility index (Phi) is 6.55. The Balaban J connectivity index is 1.68. The first kappa shape index (κ1) is 23.0. The summed E-state index contributed by atoms with van der Waals surface area (Å²) in [6.45, 7) is 9.96. The van der Waals surface area contributed by atoms with Crippen molar-refractivity contribution in [3.05, 3.63) is 24.2 Å². The molecule has 0 saturated carbocycles. The van der Waals surface area contributed by atoms with Crippen molar-refractivity contribution < 1.29 is 14.6 Å². The normalized spacial score (nSPS) is 20.5. The number of imidazole rings is 1. The van der Waals surface area contributed by atoms with Gasteiger partial charge in [-0.25, -0.2) is 9.97 Å². The van der Waals surface area contributed by atoms with Crippen LogP contribution in [0.2, 0.25) is 0 Å². The summed E-state index contributed by atoms with van der Waals surface area (Å²) >= 11 is 0. The smallest absolute Gasteiger partial charge is 0.219 e. The van der Waals surface area contributed by atoms with Gasteiger partial charge in [-0.1, -0.05) is 0 Å². The first-order valence-corrected chi connectivity index (χ1v) is 11.5. The highest BCUT2D eigenvalue weighted by Crippen LogP contribution is 2.36. The number of aliphatic hydroxyl groups is 1. The summed E-state index contributed by atoms with van der Waals surface area (Å²) in [5.41, 5.74) is 6.98. The number of aromatic nitrogens is 3. The van der Waals surface area contributed by atoms with Crippen LogP contribution in [0.4, 0.5) is 5.82 Å². The number of nitrogens with two attached hydrogens (primary N) is 1. The van der Waals surface area contributed by atoms with E-state index in [1.54, 1.807) is 6.20 Å². The number of nitrogens with one attached hydrogen (secondary N) is 1. The fourth-order valence-corrected chi connectivity index (χ4v) is 4.32. The predicted octanol–water partition coefficient (Wildman–Crippen LogP) is 1.31. The van der Waals surface area contributed by atoms with Gasteiger partial charge in [-0.3, -0.25) is 9.79 Å². The molecule has 1 saturated heterocycles. The van der Waals surface area contributed by atoms with Crippen LogP contribution in [0, 0.1) is 0 Å². The fraction of sp³-hybridized carbons (Fsp3) is 0.565. The van der Waals surface area contributed by atoms with E-state index in [2.05, 4.69) is 28.7 Å². The standard InChI is InChI=1S/C23H33N7O3/c1-13(2)26-22(27-14(3)4)16-12-29-7-8-33-19-10-21(25-11-15(19)23(29)28-16)30-6-5-18(31)17(30)9-20(24)32/h10-14,17-18,31H,5-9H2,1-4H3,(H2,24,32)(H,26,27). The van der Waals surface area contributed by atoms with Gasteiger partial charge in [0.25, 0.3) is 0 Å². The van der Waals surface area contributed by atoms with E-state index < -0.39 is 12.0 Å². The van der Waals surface area contributed by atoms with Gasteiger partial charge in [0.2, 0.25) is 5.91 Å². The number of amidine groups is 1. The second kappa shape index (κ2) is 9.38. The van der Waals surface area contributed by atoms with Crippen LogP contribution in [0.3, 0.4) is 0 Å². The number of primary amides is 1. The maximum atomic E-state index is 11.5. The van der Waals surface area contributed by atoms with Gasteiger partial charge < -0.3 is 30.4 Å². The van der Waals surface area contributed by atoms with E-state index in [0.29, 0.717) is 37.7 Å². The van der Waals surface area contributed by atoms with Gasteiger partial charge in [-0.05, 0) is 34.1 Å². The zero-order valence-electron chi connectivity index (χ0n) is 19.7. The van der Waals surface area contributed by atoms with Gasteiger partial charge in [0.1, 0.15) is 35.5 Å². The zero-order chi connectivity index (χ0) is 23.7. The quantitative estimate of drug-likeness (QED) is 0.442. The summed E-state index contributed by atoms with van der Waals surface area (Å²) in [5, 5.41) is 13.7. The molecule has 178 valence electrons. The van der Waals surface area contributed by atoms with Crippen LogP contribution in [0.25, 0.3) is 11.4 Å². The Morgan fingerprint density at radius 3 is 2.85 bits per heavy atom. The van der Waals surface area contributed by atoms with Gasteiger partial charge in [-0.2, -0.15) is 0 Å². The highest BCUT2D eigenvalue weighted by atomic mass is 16.5. The van der Waals surface area contributed by atoms with Gasteiger partial charge >= 0.3 is 0 Å². The molecular formula is C23H33N7O3. The van der Waals surface area contributed by atoms with E-state index in [4.69, 9.17) is 20.4 Å². The molecule has 4 N–H and O–H groups in total. The Hall–Kier alpha value is -3.14. The number of anilines is 1. The molecule has 2 aliphatic heterocycles. The summed E-state index contributed by atoms with van der Waals surface area (Å²) in [6.07, 6.45) is 3.77. The Bertz CT molecular complexity index is 1050. The lowest BCUT2D eigenvalue weighted by Crippen LogP contribution is -2.39. The van der Waals surface area contributed by atoms with Crippen molar-refractivity contribution in [3.8, 4) is 17.1 Å². The predicted molar refractivity (Wildman–Crippen MR) is 126 cm³/mol. The Labute approximate surface area is 193 Å². The number of carbonyl (C=O) groups excluding carboxylic acids is 1. The number of carbonyl (C=O) groups is 1. The summed E-state index contributed by atoms with van der Waals surface area (Å²) in [4.78, 5) is 27.7. The third-order valence-corrected chi connectivity index (χ3v) is 5.73. The minimum absolute atomic E-state index is 0.0787. The van der Waals surface area contributed by atoms with Crippen LogP contribution in [0.1, 0.15) is 46.2 Å². The lowest BCUT2D eigenvalue weighted by molar-refractivity contribution is -0.118. The molecule has 2 aliphatic rings. The van der Waals surface area contributed by atoms with Crippen LogP contribution in [0.15, 0.2) is 23.5 Å². The van der Waals surface area contributed by atoms with Gasteiger partial charge in [0.15, 0.2) is 0 Å². The summed E-state index contributed by atoms with van der Waals surface area (Å²) in [5.74, 6) is 2.43. The van der Waals surface area contributed by atoms with Crippen LogP contribution in [-0.2, 0) is 11.3 Å². The van der Waals surface area contributed by atoms with Gasteiger partial charge in [0.05, 0.1) is 24.3 Å². The number of nitrogens with zero attached hydrogens (tertiary/aromatic N) is 5. The number of ether oxygens (including phenoxy) is 1. The Morgan fingerprint density at radius 2 is 2.15 bits per heavy atom. The number of aliphatic imine (C=N–C) groups is 1. The van der Waals surface area contributed by atoms with E-state index in [-0.39, 0.29) is 24.5 Å². The minimum Gasteiger partial charge on any atom is -0.491 e. The average Bonchev–Trinajstić information content (AvgIpc) is 3.26. The maximum absolute atomic E-state index is 11.5. The number of pyridine rings is 1. The summed E-state index contributed by atoms with van der Waals surface area (Å²) in [6, 6.07) is 1.84. The molecule has 2 aromatic rings. The number of hydrogen-bond donors (Lipinski definition) is 3. The number of amides is 1. The lowest BCUT2D eigenvalue weighted by Gasteiger charge is -2.26. The third kappa shape index (κ3) is 4.95. The Morgan fingerprint density at radius 1 is 1.36 bits per heavy atom. The molecule has 2 aromatic heterocycles. The van der Waals surface area contributed by atoms with Crippen LogP contribution in [-0.4, -0.2) is 68.8 Å². The highest BCUT2D eigenvalue weighted by Gasteiger charge is 2.35. The van der Waals surface area contributed by atoms with Crippen LogP contribution >= 0.6 is 0 Å². The molecular weight excluding hydrogens is 422 g/mol. The molecule has 0 bridgehead atoms. The van der Waals surface area contributed by atoms with E-state index in [0.717, 1.165) is 22.9 Å². The number of hydrogen-bond acceptors (Lipinski definition) is 7. The molecule has 33 heavy (non-hydrogen) atoms. The molecule has 1 fully saturated rings. The molecule has 10 nitrogen and oxygen atoms in total. The van der Waals surface area contributed by atoms with Crippen LogP contribution in [0.5, 0.6) is 5.75 Å². The van der Waals surface area contributed by atoms with Crippen molar-refractivity contribution in [2.24, 2.45) is 10.7 Å². The maximum Gasteiger partial charge on any atom is 0.219 e. The molecule has 0 aromatic carbocycles. The van der Waals surface area contributed by atoms with E-state index in [1.807, 2.05) is 31.0 Å². The van der Waals surface area contributed by atoms with E-state index in [1.165, 1.54) is 0 Å². The van der Waals surface area contributed by atoms with Crippen LogP contribution < -0.4 is 20.7 Å². The molecule has 4 rings (SSSR count). The third-order valence-electron chi connectivity index (χ3n) is 5.73. The summed E-state index contributed by atoms with van der Waals surface area (Å²) < 4.78 is 8.10. The van der Waals surface area contributed by atoms with Gasteiger partial charge in [-0.15, -0.1) is 0 Å². The molecule has 0 radical (unpaired) electrons. The van der Waals surface area contributed by atoms with E-state index >= 15 is 0 Å². The largest absolute Gasteiger partial charge is 0.491 e. The van der Waals surface area contributed by atoms with Crippen molar-refractivity contribution in [3.63, 3.8) is 0 Å². The zero-order valence-corrected chi connectivity index (χ0v) is 19.7. The second-order valence-electron chi connectivity index (χ2n) is 9.19. The van der Waals surface area contributed by atoms with Crippen molar-refractivity contribution in [2.45, 2.75) is 71.3 Å². The first-order valence-electron chi connectivity index (χ1n) is 11.5. The first-order chi connectivity index (χ1) is 15.7. The monoisotopic (exact) mass is 455 g/mol. The molecule has 2 atom stereocenters. The highest BCUT2D eigenvalue weighted by molar-refractivity contribution is 5.97. The van der Waals surface area contributed by atoms with Crippen molar-refractivity contribution >= 4 is 17.6 Å². The molecule has 0 spiro atoms. The number of fused-ring (bicyclic) bond motifs is 3. The van der Waals surface area contributed by atoms with Crippen molar-refractivity contribution in [1.29, 1.82) is 0 Å². The topological polar surface area (TPSA) is 131 Å². The lowest BCUT2D eigenvalue weighted by atomic mass is 10.1. The van der Waals surface area contributed by atoms with E-state index in [9.17, 15) is 9.90 Å². The second-order valence-corrected chi connectivity index (χ2v) is 9.19. The minimum atomic E-state index is -0.618. The molecule has 1 amide bonds. The van der Waals surface area contributed by atoms with Gasteiger partial charge in [0, 0.05) is 43.5 Å². The SMILES string of the molecule is CC(C)N=C(NC(C)C)c1cn2c(n1)-c1cnc(N3CCC(O)C3CC(N)=O)cc1OCC2. The van der Waals surface area contributed by atoms with Crippen molar-refractivity contribution in [1.82, 2.24) is 19.9 Å². The molecule has 10 heteroatoms. The average molecular weight is 456 g/mol. The molecule has 4 heterocycles. The molecule has 0 aliphatic carbocycles. The van der Waals surface area contributed by atoms with Crippen molar-refractivity contribution in [2.75, 3.05) is 18.1 Å².